The predicted octanol–water partition coefficient (Wildman–Crippen LogP) is 2.42. The average molecular weight is 331 g/mol. The molecule has 1 N–H and O–H groups in total. The van der Waals surface area contributed by atoms with Gasteiger partial charge in [-0.3, -0.25) is 4.79 Å². The second kappa shape index (κ2) is 7.07. The molecule has 1 saturated carbocycles. The van der Waals surface area contributed by atoms with Gasteiger partial charge < -0.3 is 5.32 Å². The van der Waals surface area contributed by atoms with Gasteiger partial charge in [0.15, 0.2) is 0 Å². The zero-order chi connectivity index (χ0) is 17.1. The number of hydrogen-bond acceptors (Lipinski definition) is 4. The molecule has 0 spiro atoms. The van der Waals surface area contributed by atoms with Gasteiger partial charge in [-0.1, -0.05) is 38.8 Å². The fraction of sp³-hybridized carbons (Fsp3) is 0.529. The molecule has 0 radical (unpaired) electrons. The number of nitrogens with zero attached hydrogens (tertiary/aromatic N) is 4. The normalized spacial score (nSPS) is 23.9. The van der Waals surface area contributed by atoms with Crippen molar-refractivity contribution in [3.05, 3.63) is 30.1 Å². The van der Waals surface area contributed by atoms with Gasteiger partial charge in [-0.2, -0.15) is 4.80 Å². The monoisotopic (exact) mass is 331 g/mol. The number of halogens is 1. The number of aromatic nitrogens is 4. The molecular formula is C17H22FN5O. The molecule has 24 heavy (non-hydrogen) atoms. The fourth-order valence-electron chi connectivity index (χ4n) is 3.22. The quantitative estimate of drug-likeness (QED) is 0.934. The van der Waals surface area contributed by atoms with E-state index in [9.17, 15) is 9.18 Å². The number of carbonyl (C=O) groups excluding carboxylic acids is 1. The van der Waals surface area contributed by atoms with Gasteiger partial charge in [0.1, 0.15) is 12.4 Å². The van der Waals surface area contributed by atoms with Gasteiger partial charge in [0.05, 0.1) is 0 Å². The summed E-state index contributed by atoms with van der Waals surface area (Å²) in [6.07, 6.45) is 3.37. The summed E-state index contributed by atoms with van der Waals surface area (Å²) in [4.78, 5) is 13.5. The van der Waals surface area contributed by atoms with Crippen LogP contribution in [0.5, 0.6) is 0 Å². The maximum Gasteiger partial charge on any atom is 0.243 e. The van der Waals surface area contributed by atoms with Crippen LogP contribution >= 0.6 is 0 Å². The van der Waals surface area contributed by atoms with Crippen LogP contribution in [0.15, 0.2) is 24.3 Å². The largest absolute Gasteiger partial charge is 0.351 e. The van der Waals surface area contributed by atoms with E-state index in [1.807, 2.05) is 0 Å². The number of carbonyl (C=O) groups is 1. The van der Waals surface area contributed by atoms with Crippen molar-refractivity contribution in [3.63, 3.8) is 0 Å². The van der Waals surface area contributed by atoms with E-state index in [1.54, 1.807) is 12.1 Å². The van der Waals surface area contributed by atoms with Crippen molar-refractivity contribution in [1.29, 1.82) is 0 Å². The Bertz CT molecular complexity index is 717. The van der Waals surface area contributed by atoms with Gasteiger partial charge in [-0.15, -0.1) is 10.2 Å². The highest BCUT2D eigenvalue weighted by Gasteiger charge is 2.28. The lowest BCUT2D eigenvalue weighted by molar-refractivity contribution is -0.123. The summed E-state index contributed by atoms with van der Waals surface area (Å²) in [5.74, 6) is 0.912. The zero-order valence-corrected chi connectivity index (χ0v) is 13.9. The molecule has 7 heteroatoms. The lowest BCUT2D eigenvalue weighted by Gasteiger charge is -2.34. The molecule has 1 aromatic heterocycles. The summed E-state index contributed by atoms with van der Waals surface area (Å²) < 4.78 is 13.3. The fourth-order valence-corrected chi connectivity index (χ4v) is 3.22. The Morgan fingerprint density at radius 1 is 1.38 bits per heavy atom. The van der Waals surface area contributed by atoms with Gasteiger partial charge >= 0.3 is 0 Å². The predicted molar refractivity (Wildman–Crippen MR) is 87.3 cm³/mol. The summed E-state index contributed by atoms with van der Waals surface area (Å²) in [5.41, 5.74) is 0.538. The minimum atomic E-state index is -0.359. The molecule has 1 aromatic carbocycles. The Balaban J connectivity index is 1.61. The third-order valence-corrected chi connectivity index (χ3v) is 4.87. The first-order valence-electron chi connectivity index (χ1n) is 8.36. The van der Waals surface area contributed by atoms with Crippen molar-refractivity contribution in [2.75, 3.05) is 0 Å². The minimum Gasteiger partial charge on any atom is -0.351 e. The summed E-state index contributed by atoms with van der Waals surface area (Å²) in [5, 5.41) is 15.0. The zero-order valence-electron chi connectivity index (χ0n) is 13.9. The maximum atomic E-state index is 13.3. The summed E-state index contributed by atoms with van der Waals surface area (Å²) >= 11 is 0. The van der Waals surface area contributed by atoms with E-state index in [0.717, 1.165) is 12.8 Å². The molecule has 6 nitrogen and oxygen atoms in total. The first-order chi connectivity index (χ1) is 11.5. The first-order valence-corrected chi connectivity index (χ1v) is 8.36. The second-order valence-corrected chi connectivity index (χ2v) is 6.60. The molecule has 0 bridgehead atoms. The Kier molecular flexibility index (Phi) is 4.87. The number of nitrogens with one attached hydrogen (secondary N) is 1. The van der Waals surface area contributed by atoms with E-state index in [0.29, 0.717) is 23.2 Å². The Hall–Kier alpha value is -2.31. The van der Waals surface area contributed by atoms with E-state index < -0.39 is 0 Å². The van der Waals surface area contributed by atoms with Crippen LogP contribution in [-0.4, -0.2) is 32.2 Å². The van der Waals surface area contributed by atoms with Crippen molar-refractivity contribution >= 4 is 5.91 Å². The SMILES string of the molecule is CC1CCCC(NC(=O)Cn2nnc(-c3cccc(F)c3)n2)C1C. The molecule has 3 rings (SSSR count). The highest BCUT2D eigenvalue weighted by Crippen LogP contribution is 2.29. The number of benzene rings is 1. The molecule has 3 atom stereocenters. The van der Waals surface area contributed by atoms with Gasteiger partial charge in [0, 0.05) is 11.6 Å². The topological polar surface area (TPSA) is 72.7 Å². The van der Waals surface area contributed by atoms with Crippen molar-refractivity contribution in [2.24, 2.45) is 11.8 Å². The maximum absolute atomic E-state index is 13.3. The van der Waals surface area contributed by atoms with Crippen molar-refractivity contribution < 1.29 is 9.18 Å². The Labute approximate surface area is 140 Å². The van der Waals surface area contributed by atoms with E-state index >= 15 is 0 Å². The number of hydrogen-bond donors (Lipinski definition) is 1. The summed E-state index contributed by atoms with van der Waals surface area (Å²) in [6, 6.07) is 6.19. The van der Waals surface area contributed by atoms with E-state index in [2.05, 4.69) is 34.6 Å². The van der Waals surface area contributed by atoms with Crippen molar-refractivity contribution in [2.45, 2.75) is 45.7 Å². The van der Waals surface area contributed by atoms with E-state index in [1.165, 1.54) is 23.4 Å². The van der Waals surface area contributed by atoms with Crippen LogP contribution in [0.3, 0.4) is 0 Å². The van der Waals surface area contributed by atoms with Crippen LogP contribution < -0.4 is 5.32 Å². The van der Waals surface area contributed by atoms with Gasteiger partial charge in [-0.25, -0.2) is 4.39 Å². The third kappa shape index (κ3) is 3.77. The van der Waals surface area contributed by atoms with Crippen LogP contribution in [-0.2, 0) is 11.3 Å². The van der Waals surface area contributed by atoms with Crippen molar-refractivity contribution in [1.82, 2.24) is 25.5 Å². The van der Waals surface area contributed by atoms with E-state index in [4.69, 9.17) is 0 Å². The molecular weight excluding hydrogens is 309 g/mol. The summed E-state index contributed by atoms with van der Waals surface area (Å²) in [7, 11) is 0. The molecule has 1 aliphatic carbocycles. The van der Waals surface area contributed by atoms with Crippen LogP contribution in [0, 0.1) is 17.7 Å². The van der Waals surface area contributed by atoms with Gasteiger partial charge in [0.2, 0.25) is 11.7 Å². The van der Waals surface area contributed by atoms with Crippen LogP contribution in [0.25, 0.3) is 11.4 Å². The molecule has 0 saturated heterocycles. The minimum absolute atomic E-state index is 0.0138. The molecule has 1 heterocycles. The smallest absolute Gasteiger partial charge is 0.243 e. The lowest BCUT2D eigenvalue weighted by Crippen LogP contribution is -2.45. The van der Waals surface area contributed by atoms with Crippen molar-refractivity contribution in [3.8, 4) is 11.4 Å². The Morgan fingerprint density at radius 3 is 3.00 bits per heavy atom. The van der Waals surface area contributed by atoms with E-state index in [-0.39, 0.29) is 24.3 Å². The van der Waals surface area contributed by atoms with Gasteiger partial charge in [-0.05, 0) is 35.6 Å². The number of amides is 1. The third-order valence-electron chi connectivity index (χ3n) is 4.87. The summed E-state index contributed by atoms with van der Waals surface area (Å²) in [6.45, 7) is 4.43. The highest BCUT2D eigenvalue weighted by molar-refractivity contribution is 5.75. The molecule has 0 aliphatic heterocycles. The molecule has 2 aromatic rings. The average Bonchev–Trinajstić information content (AvgIpc) is 3.00. The first kappa shape index (κ1) is 16.5. The molecule has 3 unspecified atom stereocenters. The van der Waals surface area contributed by atoms with Crippen LogP contribution in [0.4, 0.5) is 4.39 Å². The van der Waals surface area contributed by atoms with Crippen LogP contribution in [0.1, 0.15) is 33.1 Å². The Morgan fingerprint density at radius 2 is 2.21 bits per heavy atom. The number of tetrazole rings is 1. The lowest BCUT2D eigenvalue weighted by atomic mass is 9.78. The molecule has 128 valence electrons. The van der Waals surface area contributed by atoms with Gasteiger partial charge in [0.25, 0.3) is 0 Å². The standard InChI is InChI=1S/C17H22FN5O/c1-11-5-3-8-15(12(11)2)19-16(24)10-23-21-17(20-22-23)13-6-4-7-14(18)9-13/h4,6-7,9,11-12,15H,3,5,8,10H2,1-2H3,(H,19,24). The second-order valence-electron chi connectivity index (χ2n) is 6.60. The molecule has 1 amide bonds. The molecule has 1 fully saturated rings. The number of rotatable bonds is 4. The molecule has 1 aliphatic rings. The van der Waals surface area contributed by atoms with Crippen LogP contribution in [0.2, 0.25) is 0 Å². The highest BCUT2D eigenvalue weighted by atomic mass is 19.1.